The summed E-state index contributed by atoms with van der Waals surface area (Å²) in [7, 11) is 8.44. The fourth-order valence-electron chi connectivity index (χ4n) is 3.48. The van der Waals surface area contributed by atoms with Crippen molar-refractivity contribution in [2.24, 2.45) is 0 Å². The number of esters is 1. The Morgan fingerprint density at radius 1 is 1.22 bits per heavy atom. The maximum absolute atomic E-state index is 12.9. The van der Waals surface area contributed by atoms with Gasteiger partial charge in [0.25, 0.3) is 5.91 Å². The number of rotatable bonds is 10. The van der Waals surface area contributed by atoms with Gasteiger partial charge in [-0.05, 0) is 24.6 Å². The molecule has 0 bridgehead atoms. The molecule has 1 N–H and O–H groups in total. The van der Waals surface area contributed by atoms with E-state index in [-0.39, 0.29) is 28.1 Å². The summed E-state index contributed by atoms with van der Waals surface area (Å²) in [5.74, 6) is -0.554. The van der Waals surface area contributed by atoms with Gasteiger partial charge in [0.1, 0.15) is 5.00 Å². The van der Waals surface area contributed by atoms with Gasteiger partial charge in [-0.2, -0.15) is 0 Å². The number of ether oxygens (including phenoxy) is 1. The van der Waals surface area contributed by atoms with Crippen LogP contribution < -0.4 is 10.2 Å². The average Bonchev–Trinajstić information content (AvgIpc) is 3.42. The van der Waals surface area contributed by atoms with Gasteiger partial charge in [0.05, 0.1) is 23.3 Å². The molecule has 0 radical (unpaired) electrons. The van der Waals surface area contributed by atoms with E-state index in [2.05, 4.69) is 22.1 Å². The fourth-order valence-corrected chi connectivity index (χ4v) is 5.46. The van der Waals surface area contributed by atoms with Gasteiger partial charge >= 0.3 is 5.97 Å². The summed E-state index contributed by atoms with van der Waals surface area (Å²) >= 11 is 2.26. The number of methoxy groups -OCH3 is 1. The molecule has 2 amide bonds. The third-order valence-corrected chi connectivity index (χ3v) is 7.53. The molecule has 0 atom stereocenters. The molecule has 0 saturated heterocycles. The first kappa shape index (κ1) is 27.9. The molecular formula is C25H30N6O4S2. The molecule has 2 aromatic heterocycles. The van der Waals surface area contributed by atoms with Crippen molar-refractivity contribution in [3.8, 4) is 11.4 Å². The summed E-state index contributed by atoms with van der Waals surface area (Å²) in [6.45, 7) is 5.96. The number of carbonyl (C=O) groups is 3. The van der Waals surface area contributed by atoms with Crippen LogP contribution in [0, 0.1) is 6.92 Å². The summed E-state index contributed by atoms with van der Waals surface area (Å²) in [4.78, 5) is 41.6. The number of allylic oxidation sites excluding steroid dienone is 1. The number of thiophene rings is 1. The number of hydrogen-bond donors (Lipinski definition) is 1. The van der Waals surface area contributed by atoms with E-state index in [1.54, 1.807) is 27.1 Å². The van der Waals surface area contributed by atoms with Crippen LogP contribution in [0.4, 0.5) is 10.7 Å². The average molecular weight is 543 g/mol. The Kier molecular flexibility index (Phi) is 9.11. The lowest BCUT2D eigenvalue weighted by atomic mass is 10.1. The Morgan fingerprint density at radius 2 is 1.95 bits per heavy atom. The quantitative estimate of drug-likeness (QED) is 0.234. The highest BCUT2D eigenvalue weighted by Crippen LogP contribution is 2.35. The molecule has 196 valence electrons. The first-order valence-electron chi connectivity index (χ1n) is 11.3. The predicted molar refractivity (Wildman–Crippen MR) is 148 cm³/mol. The molecule has 0 aliphatic carbocycles. The van der Waals surface area contributed by atoms with Crippen molar-refractivity contribution in [1.29, 1.82) is 0 Å². The standard InChI is InChI=1S/C25H30N6O4S2/c1-8-12-31-21(16-10-9-11-17(13-16)29(3)4)27-28-25(31)36-14-18(32)26-22-19(24(34)35-7)15(2)20(37-22)23(33)30(5)6/h8-11,13H,1,12,14H2,2-7H3,(H,26,32). The fraction of sp³-hybridized carbons (Fsp3) is 0.320. The highest BCUT2D eigenvalue weighted by atomic mass is 32.2. The molecule has 0 aliphatic heterocycles. The molecule has 10 nitrogen and oxygen atoms in total. The Labute approximate surface area is 224 Å². The van der Waals surface area contributed by atoms with Crippen LogP contribution in [0.15, 0.2) is 42.1 Å². The molecule has 37 heavy (non-hydrogen) atoms. The van der Waals surface area contributed by atoms with Crippen LogP contribution in [0.2, 0.25) is 0 Å². The van der Waals surface area contributed by atoms with Gasteiger partial charge in [-0.15, -0.1) is 28.1 Å². The number of anilines is 2. The van der Waals surface area contributed by atoms with Crippen molar-refractivity contribution in [1.82, 2.24) is 19.7 Å². The molecule has 2 heterocycles. The predicted octanol–water partition coefficient (Wildman–Crippen LogP) is 3.79. The number of nitrogens with one attached hydrogen (secondary N) is 1. The smallest absolute Gasteiger partial charge is 0.341 e. The summed E-state index contributed by atoms with van der Waals surface area (Å²) in [6.07, 6.45) is 1.74. The maximum Gasteiger partial charge on any atom is 0.341 e. The number of hydrogen-bond acceptors (Lipinski definition) is 9. The molecule has 0 unspecified atom stereocenters. The van der Waals surface area contributed by atoms with E-state index in [1.165, 1.54) is 23.8 Å². The SMILES string of the molecule is C=CCn1c(SCC(=O)Nc2sc(C(=O)N(C)C)c(C)c2C(=O)OC)nnc1-c1cccc(N(C)C)c1. The van der Waals surface area contributed by atoms with Crippen LogP contribution in [0.5, 0.6) is 0 Å². The van der Waals surface area contributed by atoms with Crippen molar-refractivity contribution in [2.75, 3.05) is 51.3 Å². The van der Waals surface area contributed by atoms with Gasteiger partial charge in [-0.25, -0.2) is 4.79 Å². The van der Waals surface area contributed by atoms with Gasteiger partial charge in [-0.1, -0.05) is 30.0 Å². The van der Waals surface area contributed by atoms with Crippen LogP contribution in [-0.4, -0.2) is 78.5 Å². The van der Waals surface area contributed by atoms with Crippen molar-refractivity contribution >= 4 is 51.6 Å². The van der Waals surface area contributed by atoms with Gasteiger partial charge in [0.2, 0.25) is 5.91 Å². The Balaban J connectivity index is 1.82. The maximum atomic E-state index is 12.9. The van der Waals surface area contributed by atoms with Crippen molar-refractivity contribution in [3.05, 3.63) is 52.9 Å². The lowest BCUT2D eigenvalue weighted by Gasteiger charge is -2.14. The third kappa shape index (κ3) is 6.20. The van der Waals surface area contributed by atoms with Gasteiger partial charge < -0.3 is 19.9 Å². The van der Waals surface area contributed by atoms with Crippen LogP contribution in [0.1, 0.15) is 25.6 Å². The molecule has 0 aliphatic rings. The second-order valence-electron chi connectivity index (χ2n) is 8.44. The molecule has 0 saturated carbocycles. The van der Waals surface area contributed by atoms with E-state index >= 15 is 0 Å². The topological polar surface area (TPSA) is 110 Å². The van der Waals surface area contributed by atoms with E-state index in [4.69, 9.17) is 4.74 Å². The summed E-state index contributed by atoms with van der Waals surface area (Å²) in [5.41, 5.74) is 2.56. The minimum Gasteiger partial charge on any atom is -0.465 e. The third-order valence-electron chi connectivity index (χ3n) is 5.37. The zero-order chi connectivity index (χ0) is 27.3. The summed E-state index contributed by atoms with van der Waals surface area (Å²) in [5, 5.41) is 12.2. The molecule has 3 aromatic rings. The van der Waals surface area contributed by atoms with E-state index in [1.807, 2.05) is 47.8 Å². The van der Waals surface area contributed by atoms with Gasteiger partial charge in [0, 0.05) is 46.0 Å². The second kappa shape index (κ2) is 12.1. The van der Waals surface area contributed by atoms with Crippen molar-refractivity contribution < 1.29 is 19.1 Å². The first-order valence-corrected chi connectivity index (χ1v) is 13.1. The molecule has 12 heteroatoms. The monoisotopic (exact) mass is 542 g/mol. The van der Waals surface area contributed by atoms with Crippen LogP contribution in [-0.2, 0) is 16.1 Å². The lowest BCUT2D eigenvalue weighted by molar-refractivity contribution is -0.113. The second-order valence-corrected chi connectivity index (χ2v) is 10.4. The normalized spacial score (nSPS) is 10.6. The number of amides is 2. The van der Waals surface area contributed by atoms with Crippen LogP contribution in [0.25, 0.3) is 11.4 Å². The highest BCUT2D eigenvalue weighted by Gasteiger charge is 2.27. The Hall–Kier alpha value is -3.64. The molecule has 3 rings (SSSR count). The molecular weight excluding hydrogens is 512 g/mol. The minimum absolute atomic E-state index is 0.0154. The number of thioether (sulfide) groups is 1. The van der Waals surface area contributed by atoms with E-state index < -0.39 is 5.97 Å². The molecule has 1 aromatic carbocycles. The largest absolute Gasteiger partial charge is 0.465 e. The van der Waals surface area contributed by atoms with E-state index in [0.29, 0.717) is 28.0 Å². The Bertz CT molecular complexity index is 1330. The zero-order valence-electron chi connectivity index (χ0n) is 21.7. The summed E-state index contributed by atoms with van der Waals surface area (Å²) < 4.78 is 6.78. The number of carbonyl (C=O) groups excluding carboxylic acids is 3. The zero-order valence-corrected chi connectivity index (χ0v) is 23.3. The lowest BCUT2D eigenvalue weighted by Crippen LogP contribution is -2.21. The van der Waals surface area contributed by atoms with E-state index in [9.17, 15) is 14.4 Å². The number of aromatic nitrogens is 3. The van der Waals surface area contributed by atoms with Crippen molar-refractivity contribution in [2.45, 2.75) is 18.6 Å². The number of nitrogens with zero attached hydrogens (tertiary/aromatic N) is 5. The molecule has 0 spiro atoms. The van der Waals surface area contributed by atoms with Crippen LogP contribution >= 0.6 is 23.1 Å². The molecule has 0 fully saturated rings. The van der Waals surface area contributed by atoms with Crippen molar-refractivity contribution in [3.63, 3.8) is 0 Å². The number of benzene rings is 1. The van der Waals surface area contributed by atoms with Gasteiger partial charge in [-0.3, -0.25) is 14.2 Å². The van der Waals surface area contributed by atoms with Crippen LogP contribution in [0.3, 0.4) is 0 Å². The van der Waals surface area contributed by atoms with E-state index in [0.717, 1.165) is 22.6 Å². The summed E-state index contributed by atoms with van der Waals surface area (Å²) in [6, 6.07) is 7.93. The van der Waals surface area contributed by atoms with Gasteiger partial charge in [0.15, 0.2) is 11.0 Å². The first-order chi connectivity index (χ1) is 17.6. The highest BCUT2D eigenvalue weighted by molar-refractivity contribution is 7.99. The minimum atomic E-state index is -0.621. The Morgan fingerprint density at radius 3 is 2.57 bits per heavy atom.